The monoisotopic (exact) mass is 237 g/mol. The molecular formula is C12H27ClP. The average molecular weight is 238 g/mol. The summed E-state index contributed by atoms with van der Waals surface area (Å²) in [5.41, 5.74) is 0. The SMILES string of the molecule is CCCCCC[P]CCCCCC.Cl. The Kier molecular flexibility index (Phi) is 19.8. The molecular weight excluding hydrogens is 211 g/mol. The van der Waals surface area contributed by atoms with Crippen LogP contribution in [0.4, 0.5) is 0 Å². The van der Waals surface area contributed by atoms with E-state index in [9.17, 15) is 0 Å². The molecule has 0 saturated carbocycles. The summed E-state index contributed by atoms with van der Waals surface area (Å²) < 4.78 is 0. The molecule has 0 aliphatic rings. The van der Waals surface area contributed by atoms with Crippen molar-refractivity contribution < 1.29 is 0 Å². The van der Waals surface area contributed by atoms with Crippen LogP contribution in [0.1, 0.15) is 65.2 Å². The van der Waals surface area contributed by atoms with Crippen molar-refractivity contribution in [2.75, 3.05) is 12.3 Å². The van der Waals surface area contributed by atoms with Crippen LogP contribution in [0.25, 0.3) is 0 Å². The van der Waals surface area contributed by atoms with E-state index in [-0.39, 0.29) is 12.4 Å². The molecule has 0 unspecified atom stereocenters. The van der Waals surface area contributed by atoms with Crippen molar-refractivity contribution in [2.45, 2.75) is 65.2 Å². The maximum absolute atomic E-state index is 2.28. The van der Waals surface area contributed by atoms with Gasteiger partial charge < -0.3 is 0 Å². The third-order valence-corrected chi connectivity index (χ3v) is 3.60. The van der Waals surface area contributed by atoms with Gasteiger partial charge in [-0.05, 0) is 25.2 Å². The van der Waals surface area contributed by atoms with Gasteiger partial charge in [0.2, 0.25) is 0 Å². The van der Waals surface area contributed by atoms with Gasteiger partial charge in [0, 0.05) is 0 Å². The van der Waals surface area contributed by atoms with Gasteiger partial charge >= 0.3 is 0 Å². The fourth-order valence-electron chi connectivity index (χ4n) is 1.41. The summed E-state index contributed by atoms with van der Waals surface area (Å²) in [5, 5.41) is 0. The van der Waals surface area contributed by atoms with Gasteiger partial charge in [0.05, 0.1) is 0 Å². The highest BCUT2D eigenvalue weighted by molar-refractivity contribution is 7.37. The molecule has 0 aromatic carbocycles. The molecule has 0 rings (SSSR count). The lowest BCUT2D eigenvalue weighted by Crippen LogP contribution is -1.83. The van der Waals surface area contributed by atoms with E-state index in [1.54, 1.807) is 8.58 Å². The number of unbranched alkanes of at least 4 members (excludes halogenated alkanes) is 6. The summed E-state index contributed by atoms with van der Waals surface area (Å²) in [6.07, 6.45) is 14.3. The quantitative estimate of drug-likeness (QED) is 0.347. The molecule has 0 aliphatic heterocycles. The van der Waals surface area contributed by atoms with E-state index in [0.717, 1.165) is 0 Å². The zero-order valence-electron chi connectivity index (χ0n) is 9.93. The molecule has 0 amide bonds. The molecule has 0 aliphatic carbocycles. The standard InChI is InChI=1S/C12H26P.ClH/c1-3-5-7-9-11-13-12-10-8-6-4-2;/h3-12H2,1-2H3;1H. The minimum Gasteiger partial charge on any atom is -0.147 e. The number of rotatable bonds is 10. The van der Waals surface area contributed by atoms with Crippen molar-refractivity contribution in [2.24, 2.45) is 0 Å². The first-order chi connectivity index (χ1) is 6.41. The van der Waals surface area contributed by atoms with E-state index in [2.05, 4.69) is 13.8 Å². The van der Waals surface area contributed by atoms with Crippen molar-refractivity contribution >= 4 is 21.0 Å². The second-order valence-electron chi connectivity index (χ2n) is 3.79. The molecule has 14 heavy (non-hydrogen) atoms. The predicted octanol–water partition coefficient (Wildman–Crippen LogP) is 5.52. The first-order valence-electron chi connectivity index (χ1n) is 6.05. The van der Waals surface area contributed by atoms with Crippen molar-refractivity contribution in [3.8, 4) is 0 Å². The number of hydrogen-bond acceptors (Lipinski definition) is 0. The van der Waals surface area contributed by atoms with Gasteiger partial charge in [0.1, 0.15) is 0 Å². The summed E-state index contributed by atoms with van der Waals surface area (Å²) in [4.78, 5) is 0. The minimum atomic E-state index is 0. The van der Waals surface area contributed by atoms with Crippen molar-refractivity contribution in [1.29, 1.82) is 0 Å². The Bertz CT molecular complexity index is 76.4. The molecule has 0 spiro atoms. The van der Waals surface area contributed by atoms with Crippen LogP contribution in [-0.4, -0.2) is 12.3 Å². The molecule has 1 radical (unpaired) electrons. The van der Waals surface area contributed by atoms with Crippen LogP contribution in [0.5, 0.6) is 0 Å². The first-order valence-corrected chi connectivity index (χ1v) is 7.31. The molecule has 0 N–H and O–H groups in total. The summed E-state index contributed by atoms with van der Waals surface area (Å²) in [7, 11) is 1.70. The van der Waals surface area contributed by atoms with E-state index < -0.39 is 0 Å². The Morgan fingerprint density at radius 1 is 0.643 bits per heavy atom. The highest BCUT2D eigenvalue weighted by Gasteiger charge is 1.91. The molecule has 0 bridgehead atoms. The second kappa shape index (κ2) is 16.2. The van der Waals surface area contributed by atoms with Gasteiger partial charge in [-0.3, -0.25) is 0 Å². The van der Waals surface area contributed by atoms with Gasteiger partial charge in [0.25, 0.3) is 0 Å². The van der Waals surface area contributed by atoms with E-state index >= 15 is 0 Å². The van der Waals surface area contributed by atoms with E-state index in [1.165, 1.54) is 63.7 Å². The zero-order valence-corrected chi connectivity index (χ0v) is 11.6. The van der Waals surface area contributed by atoms with Crippen LogP contribution in [0, 0.1) is 0 Å². The number of halogens is 1. The Morgan fingerprint density at radius 3 is 1.43 bits per heavy atom. The Hall–Kier alpha value is 0.720. The maximum Gasteiger partial charge on any atom is -0.0287 e. The number of hydrogen-bond donors (Lipinski definition) is 0. The molecule has 0 nitrogen and oxygen atoms in total. The summed E-state index contributed by atoms with van der Waals surface area (Å²) >= 11 is 0. The van der Waals surface area contributed by atoms with Gasteiger partial charge in [-0.15, -0.1) is 12.4 Å². The minimum absolute atomic E-state index is 0. The lowest BCUT2D eigenvalue weighted by molar-refractivity contribution is 0.698. The Morgan fingerprint density at radius 2 is 1.07 bits per heavy atom. The summed E-state index contributed by atoms with van der Waals surface area (Å²) in [6.45, 7) is 4.56. The summed E-state index contributed by atoms with van der Waals surface area (Å²) in [6, 6.07) is 0. The second-order valence-corrected chi connectivity index (χ2v) is 5.13. The third kappa shape index (κ3) is 15.2. The first kappa shape index (κ1) is 17.1. The Labute approximate surface area is 98.8 Å². The van der Waals surface area contributed by atoms with Gasteiger partial charge in [-0.2, -0.15) is 0 Å². The van der Waals surface area contributed by atoms with E-state index in [4.69, 9.17) is 0 Å². The maximum atomic E-state index is 2.28. The predicted molar refractivity (Wildman–Crippen MR) is 72.2 cm³/mol. The smallest absolute Gasteiger partial charge is 0.0287 e. The van der Waals surface area contributed by atoms with E-state index in [0.29, 0.717) is 0 Å². The molecule has 0 aromatic rings. The zero-order chi connectivity index (χ0) is 9.78. The normalized spacial score (nSPS) is 9.86. The van der Waals surface area contributed by atoms with Crippen LogP contribution in [0.3, 0.4) is 0 Å². The van der Waals surface area contributed by atoms with Crippen molar-refractivity contribution in [1.82, 2.24) is 0 Å². The van der Waals surface area contributed by atoms with Gasteiger partial charge in [0.15, 0.2) is 0 Å². The topological polar surface area (TPSA) is 0 Å². The van der Waals surface area contributed by atoms with Crippen LogP contribution in [-0.2, 0) is 0 Å². The summed E-state index contributed by atoms with van der Waals surface area (Å²) in [5.74, 6) is 0. The average Bonchev–Trinajstić information content (AvgIpc) is 2.16. The van der Waals surface area contributed by atoms with Crippen LogP contribution < -0.4 is 0 Å². The largest absolute Gasteiger partial charge is 0.147 e. The lowest BCUT2D eigenvalue weighted by Gasteiger charge is -2.00. The molecule has 0 saturated heterocycles. The molecule has 87 valence electrons. The van der Waals surface area contributed by atoms with Crippen LogP contribution in [0.2, 0.25) is 0 Å². The van der Waals surface area contributed by atoms with Crippen LogP contribution in [0.15, 0.2) is 0 Å². The van der Waals surface area contributed by atoms with Gasteiger partial charge in [-0.1, -0.05) is 61.0 Å². The highest BCUT2D eigenvalue weighted by Crippen LogP contribution is 2.16. The molecule has 0 heterocycles. The van der Waals surface area contributed by atoms with Crippen LogP contribution >= 0.6 is 21.0 Å². The van der Waals surface area contributed by atoms with E-state index in [1.807, 2.05) is 0 Å². The third-order valence-electron chi connectivity index (χ3n) is 2.34. The molecule has 0 atom stereocenters. The fraction of sp³-hybridized carbons (Fsp3) is 1.00. The fourth-order valence-corrected chi connectivity index (χ4v) is 2.53. The van der Waals surface area contributed by atoms with Gasteiger partial charge in [-0.25, -0.2) is 0 Å². The van der Waals surface area contributed by atoms with Crippen molar-refractivity contribution in [3.63, 3.8) is 0 Å². The van der Waals surface area contributed by atoms with Crippen molar-refractivity contribution in [3.05, 3.63) is 0 Å². The Balaban J connectivity index is 0. The molecule has 2 heteroatoms. The lowest BCUT2D eigenvalue weighted by atomic mass is 10.2. The highest BCUT2D eigenvalue weighted by atomic mass is 35.5. The molecule has 0 fully saturated rings. The molecule has 0 aromatic heterocycles.